The van der Waals surface area contributed by atoms with Gasteiger partial charge in [0.05, 0.1) is 0 Å². The van der Waals surface area contributed by atoms with Gasteiger partial charge in [0.2, 0.25) is 5.91 Å². The van der Waals surface area contributed by atoms with E-state index in [1.807, 2.05) is 12.1 Å². The zero-order valence-corrected chi connectivity index (χ0v) is 12.5. The van der Waals surface area contributed by atoms with E-state index in [0.717, 1.165) is 23.1 Å². The molecule has 110 valence electrons. The summed E-state index contributed by atoms with van der Waals surface area (Å²) in [6, 6.07) is 10.2. The van der Waals surface area contributed by atoms with E-state index < -0.39 is 11.6 Å². The van der Waals surface area contributed by atoms with Gasteiger partial charge in [0.25, 0.3) is 0 Å². The number of hydrogen-bond acceptors (Lipinski definition) is 2. The first-order valence-electron chi connectivity index (χ1n) is 6.17. The molecule has 2 nitrogen and oxygen atoms in total. The van der Waals surface area contributed by atoms with Crippen LogP contribution in [0, 0.1) is 11.6 Å². The highest BCUT2D eigenvalue weighted by molar-refractivity contribution is 7.99. The molecule has 0 saturated carbocycles. The molecule has 0 radical (unpaired) electrons. The molecule has 1 N–H and O–H groups in total. The summed E-state index contributed by atoms with van der Waals surface area (Å²) in [5.41, 5.74) is 0.119. The number of amides is 1. The Bertz CT molecular complexity index is 614. The minimum absolute atomic E-state index is 0.119. The number of thioether (sulfide) groups is 1. The van der Waals surface area contributed by atoms with Crippen LogP contribution in [-0.2, 0) is 4.79 Å². The average molecular weight is 328 g/mol. The summed E-state index contributed by atoms with van der Waals surface area (Å²) in [6.45, 7) is 0. The second-order valence-electron chi connectivity index (χ2n) is 4.26. The number of anilines is 1. The Morgan fingerprint density at radius 3 is 2.33 bits per heavy atom. The van der Waals surface area contributed by atoms with Crippen LogP contribution in [0.4, 0.5) is 14.5 Å². The fourth-order valence-electron chi connectivity index (χ4n) is 1.64. The van der Waals surface area contributed by atoms with Gasteiger partial charge in [0.1, 0.15) is 11.6 Å². The van der Waals surface area contributed by atoms with Crippen LogP contribution in [0.15, 0.2) is 47.4 Å². The third-order valence-corrected chi connectivity index (χ3v) is 3.82. The fourth-order valence-corrected chi connectivity index (χ4v) is 2.62. The van der Waals surface area contributed by atoms with Crippen molar-refractivity contribution >= 4 is 35.0 Å². The van der Waals surface area contributed by atoms with Gasteiger partial charge >= 0.3 is 0 Å². The Morgan fingerprint density at radius 2 is 1.71 bits per heavy atom. The Balaban J connectivity index is 1.80. The standard InChI is InChI=1S/C15H12ClF2NOS/c16-10-1-3-14(4-2-10)21-6-5-15(20)19-13-8-11(17)7-12(18)9-13/h1-4,7-9H,5-6H2,(H,19,20). The van der Waals surface area contributed by atoms with E-state index in [-0.39, 0.29) is 18.0 Å². The molecule has 0 spiro atoms. The smallest absolute Gasteiger partial charge is 0.225 e. The fraction of sp³-hybridized carbons (Fsp3) is 0.133. The second-order valence-corrected chi connectivity index (χ2v) is 5.86. The highest BCUT2D eigenvalue weighted by atomic mass is 35.5. The predicted octanol–water partition coefficient (Wildman–Crippen LogP) is 4.74. The van der Waals surface area contributed by atoms with Crippen LogP contribution in [0.25, 0.3) is 0 Å². The number of carbonyl (C=O) groups is 1. The molecule has 0 aliphatic rings. The van der Waals surface area contributed by atoms with Crippen molar-refractivity contribution in [1.29, 1.82) is 0 Å². The first kappa shape index (κ1) is 15.8. The number of carbonyl (C=O) groups excluding carboxylic acids is 1. The minimum atomic E-state index is -0.721. The van der Waals surface area contributed by atoms with Crippen molar-refractivity contribution in [2.45, 2.75) is 11.3 Å². The van der Waals surface area contributed by atoms with Gasteiger partial charge in [0.15, 0.2) is 0 Å². The van der Waals surface area contributed by atoms with E-state index >= 15 is 0 Å². The maximum absolute atomic E-state index is 13.0. The van der Waals surface area contributed by atoms with Gasteiger partial charge in [-0.2, -0.15) is 0 Å². The lowest BCUT2D eigenvalue weighted by Crippen LogP contribution is -2.12. The molecule has 0 aliphatic heterocycles. The quantitative estimate of drug-likeness (QED) is 0.804. The first-order chi connectivity index (χ1) is 10.0. The largest absolute Gasteiger partial charge is 0.326 e. The molecule has 0 fully saturated rings. The summed E-state index contributed by atoms with van der Waals surface area (Å²) in [5, 5.41) is 3.12. The molecule has 0 atom stereocenters. The SMILES string of the molecule is O=C(CCSc1ccc(Cl)cc1)Nc1cc(F)cc(F)c1. The van der Waals surface area contributed by atoms with Gasteiger partial charge in [-0.1, -0.05) is 11.6 Å². The third-order valence-electron chi connectivity index (χ3n) is 2.56. The molecule has 2 aromatic carbocycles. The van der Waals surface area contributed by atoms with E-state index in [4.69, 9.17) is 11.6 Å². The van der Waals surface area contributed by atoms with E-state index in [1.165, 1.54) is 11.8 Å². The maximum Gasteiger partial charge on any atom is 0.225 e. The maximum atomic E-state index is 13.0. The predicted molar refractivity (Wildman–Crippen MR) is 81.8 cm³/mol. The van der Waals surface area contributed by atoms with Crippen LogP contribution < -0.4 is 5.32 Å². The normalized spacial score (nSPS) is 10.4. The van der Waals surface area contributed by atoms with Crippen molar-refractivity contribution in [3.05, 3.63) is 59.1 Å². The van der Waals surface area contributed by atoms with Crippen LogP contribution in [0.5, 0.6) is 0 Å². The number of rotatable bonds is 5. The molecule has 1 amide bonds. The molecule has 0 unspecified atom stereocenters. The Labute approximate surface area is 130 Å². The zero-order valence-electron chi connectivity index (χ0n) is 10.9. The van der Waals surface area contributed by atoms with Crippen LogP contribution in [-0.4, -0.2) is 11.7 Å². The van der Waals surface area contributed by atoms with Crippen molar-refractivity contribution in [3.8, 4) is 0 Å². The number of hydrogen-bond donors (Lipinski definition) is 1. The van der Waals surface area contributed by atoms with E-state index in [1.54, 1.807) is 12.1 Å². The first-order valence-corrected chi connectivity index (χ1v) is 7.53. The van der Waals surface area contributed by atoms with Crippen molar-refractivity contribution in [1.82, 2.24) is 0 Å². The topological polar surface area (TPSA) is 29.1 Å². The Morgan fingerprint density at radius 1 is 1.10 bits per heavy atom. The monoisotopic (exact) mass is 327 g/mol. The molecule has 0 saturated heterocycles. The van der Waals surface area contributed by atoms with Gasteiger partial charge in [-0.15, -0.1) is 11.8 Å². The van der Waals surface area contributed by atoms with E-state index in [2.05, 4.69) is 5.32 Å². The van der Waals surface area contributed by atoms with Gasteiger partial charge in [-0.05, 0) is 36.4 Å². The van der Waals surface area contributed by atoms with Crippen LogP contribution in [0.3, 0.4) is 0 Å². The highest BCUT2D eigenvalue weighted by Gasteiger charge is 2.06. The molecule has 0 aliphatic carbocycles. The van der Waals surface area contributed by atoms with Gasteiger partial charge in [-0.3, -0.25) is 4.79 Å². The van der Waals surface area contributed by atoms with Crippen LogP contribution in [0.2, 0.25) is 5.02 Å². The van der Waals surface area contributed by atoms with Crippen LogP contribution >= 0.6 is 23.4 Å². The van der Waals surface area contributed by atoms with Gasteiger partial charge in [0, 0.05) is 33.8 Å². The summed E-state index contributed by atoms with van der Waals surface area (Å²) in [5.74, 6) is -1.17. The minimum Gasteiger partial charge on any atom is -0.326 e. The molecule has 2 rings (SSSR count). The van der Waals surface area contributed by atoms with Gasteiger partial charge in [-0.25, -0.2) is 8.78 Å². The molecular weight excluding hydrogens is 316 g/mol. The lowest BCUT2D eigenvalue weighted by atomic mass is 10.3. The molecule has 0 bridgehead atoms. The van der Waals surface area contributed by atoms with Crippen molar-refractivity contribution in [3.63, 3.8) is 0 Å². The zero-order chi connectivity index (χ0) is 15.2. The average Bonchev–Trinajstić information content (AvgIpc) is 2.39. The van der Waals surface area contributed by atoms with Gasteiger partial charge < -0.3 is 5.32 Å². The molecule has 2 aromatic rings. The molecule has 0 heterocycles. The second kappa shape index (κ2) is 7.43. The molecule has 21 heavy (non-hydrogen) atoms. The summed E-state index contributed by atoms with van der Waals surface area (Å²) < 4.78 is 26.0. The Kier molecular flexibility index (Phi) is 5.59. The van der Waals surface area contributed by atoms with Crippen LogP contribution in [0.1, 0.15) is 6.42 Å². The number of benzene rings is 2. The number of nitrogens with one attached hydrogen (secondary N) is 1. The highest BCUT2D eigenvalue weighted by Crippen LogP contribution is 2.21. The lowest BCUT2D eigenvalue weighted by Gasteiger charge is -2.06. The molecule has 6 heteroatoms. The molecular formula is C15H12ClF2NOS. The molecule has 0 aromatic heterocycles. The Hall–Kier alpha value is -1.59. The third kappa shape index (κ3) is 5.36. The summed E-state index contributed by atoms with van der Waals surface area (Å²) >= 11 is 7.28. The van der Waals surface area contributed by atoms with E-state index in [0.29, 0.717) is 10.8 Å². The van der Waals surface area contributed by atoms with Crippen molar-refractivity contribution in [2.24, 2.45) is 0 Å². The van der Waals surface area contributed by atoms with E-state index in [9.17, 15) is 13.6 Å². The summed E-state index contributed by atoms with van der Waals surface area (Å²) in [7, 11) is 0. The van der Waals surface area contributed by atoms with Crippen molar-refractivity contribution < 1.29 is 13.6 Å². The lowest BCUT2D eigenvalue weighted by molar-refractivity contribution is -0.115. The van der Waals surface area contributed by atoms with Crippen molar-refractivity contribution in [2.75, 3.05) is 11.1 Å². The number of halogens is 3. The summed E-state index contributed by atoms with van der Waals surface area (Å²) in [4.78, 5) is 12.7. The summed E-state index contributed by atoms with van der Waals surface area (Å²) in [6.07, 6.45) is 0.241.